The third-order valence-corrected chi connectivity index (χ3v) is 5.45. The van der Waals surface area contributed by atoms with E-state index in [4.69, 9.17) is 4.42 Å². The minimum absolute atomic E-state index is 0.0344. The minimum atomic E-state index is -0.608. The van der Waals surface area contributed by atoms with Gasteiger partial charge >= 0.3 is 0 Å². The molecule has 4 rings (SSSR count). The van der Waals surface area contributed by atoms with Gasteiger partial charge < -0.3 is 15.1 Å². The van der Waals surface area contributed by atoms with Crippen LogP contribution in [0.15, 0.2) is 76.7 Å². The summed E-state index contributed by atoms with van der Waals surface area (Å²) in [5.74, 6) is -0.973. The van der Waals surface area contributed by atoms with Gasteiger partial charge in [0.15, 0.2) is 0 Å². The number of carbonyl (C=O) groups excluding carboxylic acids is 2. The summed E-state index contributed by atoms with van der Waals surface area (Å²) < 4.78 is 19.3. The van der Waals surface area contributed by atoms with Crippen molar-refractivity contribution in [3.8, 4) is 11.1 Å². The molecule has 0 aliphatic rings. The lowest BCUT2D eigenvalue weighted by Gasteiger charge is -2.10. The Labute approximate surface area is 176 Å². The molecule has 0 unspecified atom stereocenters. The molecule has 0 radical (unpaired) electrons. The summed E-state index contributed by atoms with van der Waals surface area (Å²) in [5.41, 5.74) is 2.41. The summed E-state index contributed by atoms with van der Waals surface area (Å²) in [6.45, 7) is 1.65. The average molecular weight is 420 g/mol. The number of nitrogens with one attached hydrogen (secondary N) is 2. The fourth-order valence-corrected chi connectivity index (χ4v) is 3.84. The summed E-state index contributed by atoms with van der Waals surface area (Å²) >= 11 is 1.32. The minimum Gasteiger partial charge on any atom is -0.469 e. The number of amides is 2. The van der Waals surface area contributed by atoms with Crippen molar-refractivity contribution in [1.29, 1.82) is 0 Å². The largest absolute Gasteiger partial charge is 0.469 e. The van der Waals surface area contributed by atoms with Crippen LogP contribution in [0.3, 0.4) is 0 Å². The molecule has 0 saturated carbocycles. The smallest absolute Gasteiger partial charge is 0.266 e. The van der Waals surface area contributed by atoms with E-state index >= 15 is 0 Å². The van der Waals surface area contributed by atoms with Crippen molar-refractivity contribution < 1.29 is 18.4 Å². The quantitative estimate of drug-likeness (QED) is 0.418. The summed E-state index contributed by atoms with van der Waals surface area (Å²) in [7, 11) is 0. The lowest BCUT2D eigenvalue weighted by Crippen LogP contribution is -2.15. The van der Waals surface area contributed by atoms with Gasteiger partial charge in [-0.15, -0.1) is 11.3 Å². The Morgan fingerprint density at radius 3 is 2.50 bits per heavy atom. The van der Waals surface area contributed by atoms with Gasteiger partial charge in [0.25, 0.3) is 11.8 Å². The van der Waals surface area contributed by atoms with Crippen molar-refractivity contribution >= 4 is 34.5 Å². The highest BCUT2D eigenvalue weighted by atomic mass is 32.1. The molecule has 0 aliphatic heterocycles. The summed E-state index contributed by atoms with van der Waals surface area (Å²) in [4.78, 5) is 25.7. The molecular formula is C23H17FN2O3S. The molecule has 0 aliphatic carbocycles. The number of furan rings is 1. The van der Waals surface area contributed by atoms with E-state index in [0.717, 1.165) is 11.1 Å². The van der Waals surface area contributed by atoms with Gasteiger partial charge in [-0.05, 0) is 48.2 Å². The third kappa shape index (κ3) is 4.01. The zero-order valence-electron chi connectivity index (χ0n) is 15.9. The Bertz CT molecular complexity index is 1210. The van der Waals surface area contributed by atoms with Crippen molar-refractivity contribution in [3.05, 3.63) is 94.3 Å². The third-order valence-electron chi connectivity index (χ3n) is 4.53. The van der Waals surface area contributed by atoms with Gasteiger partial charge in [0.05, 0.1) is 22.4 Å². The average Bonchev–Trinajstić information content (AvgIpc) is 3.40. The Morgan fingerprint density at radius 1 is 0.967 bits per heavy atom. The summed E-state index contributed by atoms with van der Waals surface area (Å²) in [5, 5.41) is 7.14. The van der Waals surface area contributed by atoms with Crippen LogP contribution in [0.2, 0.25) is 0 Å². The SMILES string of the molecule is Cc1occc1C(=O)Nc1cc(NC(=O)c2sccc2-c2ccccc2)ccc1F. The highest BCUT2D eigenvalue weighted by Crippen LogP contribution is 2.29. The number of benzene rings is 2. The molecule has 2 aromatic carbocycles. The molecule has 0 atom stereocenters. The van der Waals surface area contributed by atoms with Crippen LogP contribution in [0.1, 0.15) is 25.8 Å². The van der Waals surface area contributed by atoms with Crippen molar-refractivity contribution in [2.24, 2.45) is 0 Å². The normalized spacial score (nSPS) is 10.6. The maximum Gasteiger partial charge on any atom is 0.266 e. The first kappa shape index (κ1) is 19.6. The van der Waals surface area contributed by atoms with E-state index in [1.54, 1.807) is 6.92 Å². The molecule has 2 aromatic heterocycles. The van der Waals surface area contributed by atoms with E-state index < -0.39 is 11.7 Å². The highest BCUT2D eigenvalue weighted by Gasteiger charge is 2.17. The molecule has 4 aromatic rings. The van der Waals surface area contributed by atoms with Gasteiger partial charge in [0.2, 0.25) is 0 Å². The van der Waals surface area contributed by atoms with Gasteiger partial charge in [0.1, 0.15) is 11.6 Å². The molecule has 150 valence electrons. The summed E-state index contributed by atoms with van der Waals surface area (Å²) in [6.07, 6.45) is 1.39. The number of hydrogen-bond acceptors (Lipinski definition) is 4. The number of halogens is 1. The van der Waals surface area contributed by atoms with Gasteiger partial charge in [-0.2, -0.15) is 0 Å². The molecule has 0 bridgehead atoms. The van der Waals surface area contributed by atoms with E-state index in [1.165, 1.54) is 41.9 Å². The standard InChI is InChI=1S/C23H17FN2O3S/c1-14-17(9-11-29-14)22(27)26-20-13-16(7-8-19(20)24)25-23(28)21-18(10-12-30-21)15-5-3-2-4-6-15/h2-13H,1H3,(H,25,28)(H,26,27). The number of rotatable bonds is 5. The fourth-order valence-electron chi connectivity index (χ4n) is 3.03. The van der Waals surface area contributed by atoms with Crippen molar-refractivity contribution in [2.75, 3.05) is 10.6 Å². The van der Waals surface area contributed by atoms with Crippen molar-refractivity contribution in [3.63, 3.8) is 0 Å². The van der Waals surface area contributed by atoms with Crippen LogP contribution in [0.5, 0.6) is 0 Å². The number of thiophene rings is 1. The monoisotopic (exact) mass is 420 g/mol. The Balaban J connectivity index is 1.54. The van der Waals surface area contributed by atoms with Gasteiger partial charge in [-0.3, -0.25) is 9.59 Å². The Morgan fingerprint density at radius 2 is 1.77 bits per heavy atom. The lowest BCUT2D eigenvalue weighted by molar-refractivity contribution is 0.102. The second kappa shape index (κ2) is 8.34. The molecule has 0 fully saturated rings. The predicted octanol–water partition coefficient (Wildman–Crippen LogP) is 5.96. The molecule has 2 amide bonds. The number of aryl methyl sites for hydroxylation is 1. The number of carbonyl (C=O) groups is 2. The molecule has 0 spiro atoms. The van der Waals surface area contributed by atoms with Gasteiger partial charge in [0, 0.05) is 11.3 Å². The topological polar surface area (TPSA) is 71.3 Å². The Hall–Kier alpha value is -3.71. The Kier molecular flexibility index (Phi) is 5.45. The van der Waals surface area contributed by atoms with Gasteiger partial charge in [-0.1, -0.05) is 30.3 Å². The molecule has 0 saturated heterocycles. The zero-order chi connectivity index (χ0) is 21.1. The maximum absolute atomic E-state index is 14.2. The maximum atomic E-state index is 14.2. The van der Waals surface area contributed by atoms with Crippen LogP contribution >= 0.6 is 11.3 Å². The second-order valence-electron chi connectivity index (χ2n) is 6.52. The van der Waals surface area contributed by atoms with E-state index in [9.17, 15) is 14.0 Å². The first-order valence-electron chi connectivity index (χ1n) is 9.12. The number of anilines is 2. The van der Waals surface area contributed by atoms with Crippen LogP contribution in [0.4, 0.5) is 15.8 Å². The fraction of sp³-hybridized carbons (Fsp3) is 0.0435. The molecule has 5 nitrogen and oxygen atoms in total. The first-order valence-corrected chi connectivity index (χ1v) is 10.00. The predicted molar refractivity (Wildman–Crippen MR) is 116 cm³/mol. The molecule has 2 heterocycles. The van der Waals surface area contributed by atoms with Crippen molar-refractivity contribution in [1.82, 2.24) is 0 Å². The van der Waals surface area contributed by atoms with Crippen molar-refractivity contribution in [2.45, 2.75) is 6.92 Å². The highest BCUT2D eigenvalue weighted by molar-refractivity contribution is 7.12. The zero-order valence-corrected chi connectivity index (χ0v) is 16.8. The van der Waals surface area contributed by atoms with E-state index in [0.29, 0.717) is 21.9 Å². The van der Waals surface area contributed by atoms with Gasteiger partial charge in [-0.25, -0.2) is 4.39 Å². The second-order valence-corrected chi connectivity index (χ2v) is 7.44. The van der Waals surface area contributed by atoms with Crippen LogP contribution < -0.4 is 10.6 Å². The first-order chi connectivity index (χ1) is 14.5. The molecule has 30 heavy (non-hydrogen) atoms. The van der Waals surface area contributed by atoms with Crippen LogP contribution in [0, 0.1) is 12.7 Å². The molecule has 7 heteroatoms. The van der Waals surface area contributed by atoms with E-state index in [2.05, 4.69) is 10.6 Å². The number of hydrogen-bond donors (Lipinski definition) is 2. The molecular weight excluding hydrogens is 403 g/mol. The van der Waals surface area contributed by atoms with Crippen LogP contribution in [-0.2, 0) is 0 Å². The van der Waals surface area contributed by atoms with E-state index in [-0.39, 0.29) is 11.6 Å². The molecule has 2 N–H and O–H groups in total. The lowest BCUT2D eigenvalue weighted by atomic mass is 10.1. The summed E-state index contributed by atoms with van der Waals surface area (Å²) in [6, 6.07) is 17.0. The van der Waals surface area contributed by atoms with Crippen LogP contribution in [0.25, 0.3) is 11.1 Å². The van der Waals surface area contributed by atoms with Crippen LogP contribution in [-0.4, -0.2) is 11.8 Å². The van der Waals surface area contributed by atoms with E-state index in [1.807, 2.05) is 41.8 Å².